The van der Waals surface area contributed by atoms with Gasteiger partial charge in [0.2, 0.25) is 5.95 Å². The number of hydrogen-bond donors (Lipinski definition) is 2. The summed E-state index contributed by atoms with van der Waals surface area (Å²) in [4.78, 5) is 24.2. The Labute approximate surface area is 168 Å². The first-order chi connectivity index (χ1) is 14.4. The summed E-state index contributed by atoms with van der Waals surface area (Å²) in [5, 5.41) is 5.16. The van der Waals surface area contributed by atoms with E-state index in [1.54, 1.807) is 18.2 Å². The predicted molar refractivity (Wildman–Crippen MR) is 99.5 cm³/mol. The highest BCUT2D eigenvalue weighted by Gasteiger charge is 2.23. The summed E-state index contributed by atoms with van der Waals surface area (Å²) in [5.74, 6) is -1.40. The van der Waals surface area contributed by atoms with E-state index in [9.17, 15) is 22.4 Å². The van der Waals surface area contributed by atoms with Crippen molar-refractivity contribution in [1.82, 2.24) is 15.0 Å². The summed E-state index contributed by atoms with van der Waals surface area (Å²) in [6.45, 7) is 0.0872. The summed E-state index contributed by atoms with van der Waals surface area (Å²) in [7, 11) is 0. The van der Waals surface area contributed by atoms with Crippen LogP contribution in [0.5, 0.6) is 5.75 Å². The van der Waals surface area contributed by atoms with Gasteiger partial charge in [-0.1, -0.05) is 18.2 Å². The molecule has 3 rings (SSSR count). The number of ether oxygens (including phenoxy) is 1. The number of alkyl halides is 3. The minimum absolute atomic E-state index is 0.0649. The molecule has 0 aliphatic carbocycles. The standard InChI is InChI=1S/C19H15F4N5O2/c20-12-4-2-1-3-11(12)9-26-19-25-8-5-13(28-19)18(29)27-14-10-24-7-6-15(14)30-17(23)16(21)22/h1-8,10,16-17H,9H2,(H,27,29)(H,25,26,28). The number of hydrogen-bond acceptors (Lipinski definition) is 6. The third-order valence-corrected chi connectivity index (χ3v) is 3.75. The Bertz CT molecular complexity index is 1020. The second kappa shape index (κ2) is 9.63. The molecule has 1 unspecified atom stereocenters. The van der Waals surface area contributed by atoms with Crippen molar-refractivity contribution < 1.29 is 27.1 Å². The SMILES string of the molecule is O=C(Nc1cnccc1OC(F)C(F)F)c1ccnc(NCc2ccccc2F)n1. The van der Waals surface area contributed by atoms with Crippen LogP contribution in [-0.4, -0.2) is 33.6 Å². The zero-order valence-electron chi connectivity index (χ0n) is 15.2. The number of carbonyl (C=O) groups is 1. The Balaban J connectivity index is 1.69. The van der Waals surface area contributed by atoms with Gasteiger partial charge in [-0.25, -0.2) is 23.1 Å². The van der Waals surface area contributed by atoms with E-state index in [2.05, 4.69) is 30.3 Å². The number of halogens is 4. The molecule has 30 heavy (non-hydrogen) atoms. The molecule has 0 spiro atoms. The van der Waals surface area contributed by atoms with Gasteiger partial charge in [0.1, 0.15) is 22.9 Å². The summed E-state index contributed by atoms with van der Waals surface area (Å²) < 4.78 is 56.2. The van der Waals surface area contributed by atoms with Gasteiger partial charge < -0.3 is 15.4 Å². The molecule has 156 valence electrons. The number of pyridine rings is 1. The minimum atomic E-state index is -3.35. The molecule has 0 saturated heterocycles. The maximum atomic E-state index is 13.7. The summed E-state index contributed by atoms with van der Waals surface area (Å²) >= 11 is 0. The van der Waals surface area contributed by atoms with E-state index in [-0.39, 0.29) is 29.6 Å². The maximum absolute atomic E-state index is 13.7. The van der Waals surface area contributed by atoms with Crippen molar-refractivity contribution in [1.29, 1.82) is 0 Å². The highest BCUT2D eigenvalue weighted by atomic mass is 19.3. The molecule has 2 heterocycles. The van der Waals surface area contributed by atoms with E-state index < -0.39 is 24.5 Å². The smallest absolute Gasteiger partial charge is 0.304 e. The zero-order valence-corrected chi connectivity index (χ0v) is 15.2. The van der Waals surface area contributed by atoms with Crippen molar-refractivity contribution in [2.45, 2.75) is 19.3 Å². The number of benzene rings is 1. The van der Waals surface area contributed by atoms with Gasteiger partial charge in [0, 0.05) is 30.6 Å². The summed E-state index contributed by atoms with van der Waals surface area (Å²) in [6.07, 6.45) is -2.61. The second-order valence-electron chi connectivity index (χ2n) is 5.84. The Hall–Kier alpha value is -3.76. The van der Waals surface area contributed by atoms with Crippen LogP contribution < -0.4 is 15.4 Å². The van der Waals surface area contributed by atoms with Crippen LogP contribution in [0, 0.1) is 5.82 Å². The molecule has 0 aliphatic heterocycles. The number of amides is 1. The fraction of sp³-hybridized carbons (Fsp3) is 0.158. The van der Waals surface area contributed by atoms with Crippen molar-refractivity contribution in [3.05, 3.63) is 72.1 Å². The molecule has 0 aliphatic rings. The van der Waals surface area contributed by atoms with E-state index in [1.807, 2.05) is 0 Å². The molecule has 0 radical (unpaired) electrons. The zero-order chi connectivity index (χ0) is 21.5. The third kappa shape index (κ3) is 5.40. The molecule has 3 aromatic rings. The lowest BCUT2D eigenvalue weighted by Crippen LogP contribution is -2.21. The average Bonchev–Trinajstić information content (AvgIpc) is 2.74. The lowest BCUT2D eigenvalue weighted by atomic mass is 10.2. The van der Waals surface area contributed by atoms with E-state index in [1.165, 1.54) is 24.5 Å². The van der Waals surface area contributed by atoms with Crippen LogP contribution >= 0.6 is 0 Å². The summed E-state index contributed by atoms with van der Waals surface area (Å²) in [5.41, 5.74) is 0.180. The molecule has 0 fully saturated rings. The molecule has 1 atom stereocenters. The first-order valence-corrected chi connectivity index (χ1v) is 8.58. The number of aromatic nitrogens is 3. The molecular formula is C19H15F4N5O2. The summed E-state index contributed by atoms with van der Waals surface area (Å²) in [6, 6.07) is 8.56. The third-order valence-electron chi connectivity index (χ3n) is 3.75. The van der Waals surface area contributed by atoms with E-state index in [4.69, 9.17) is 0 Å². The first kappa shape index (κ1) is 21.0. The normalized spacial score (nSPS) is 11.8. The largest absolute Gasteiger partial charge is 0.452 e. The van der Waals surface area contributed by atoms with Gasteiger partial charge in [-0.2, -0.15) is 4.39 Å². The topological polar surface area (TPSA) is 89.0 Å². The van der Waals surface area contributed by atoms with Crippen LogP contribution in [0.15, 0.2) is 55.0 Å². The van der Waals surface area contributed by atoms with Crippen molar-refractivity contribution >= 4 is 17.5 Å². The van der Waals surface area contributed by atoms with Gasteiger partial charge in [0.15, 0.2) is 0 Å². The Kier molecular flexibility index (Phi) is 6.73. The van der Waals surface area contributed by atoms with Gasteiger partial charge in [-0.05, 0) is 12.1 Å². The van der Waals surface area contributed by atoms with Crippen molar-refractivity contribution in [3.8, 4) is 5.75 Å². The second-order valence-corrected chi connectivity index (χ2v) is 5.84. The van der Waals surface area contributed by atoms with Crippen molar-refractivity contribution in [2.24, 2.45) is 0 Å². The van der Waals surface area contributed by atoms with Gasteiger partial charge in [-0.3, -0.25) is 9.78 Å². The van der Waals surface area contributed by atoms with Gasteiger partial charge in [0.25, 0.3) is 12.3 Å². The number of carbonyl (C=O) groups excluding carboxylic acids is 1. The fourth-order valence-corrected chi connectivity index (χ4v) is 2.32. The number of nitrogens with one attached hydrogen (secondary N) is 2. The molecule has 1 amide bonds. The predicted octanol–water partition coefficient (Wildman–Crippen LogP) is 3.81. The van der Waals surface area contributed by atoms with Crippen LogP contribution in [0.4, 0.5) is 29.2 Å². The van der Waals surface area contributed by atoms with E-state index in [0.29, 0.717) is 5.56 Å². The molecule has 11 heteroatoms. The monoisotopic (exact) mass is 421 g/mol. The van der Waals surface area contributed by atoms with E-state index >= 15 is 0 Å². The average molecular weight is 421 g/mol. The highest BCUT2D eigenvalue weighted by molar-refractivity contribution is 6.03. The molecule has 2 N–H and O–H groups in total. The van der Waals surface area contributed by atoms with Gasteiger partial charge in [0.05, 0.1) is 6.20 Å². The lowest BCUT2D eigenvalue weighted by molar-refractivity contribution is -0.0665. The van der Waals surface area contributed by atoms with Crippen molar-refractivity contribution in [3.63, 3.8) is 0 Å². The molecule has 0 saturated carbocycles. The quantitative estimate of drug-likeness (QED) is 0.538. The number of rotatable bonds is 8. The lowest BCUT2D eigenvalue weighted by Gasteiger charge is -2.14. The first-order valence-electron chi connectivity index (χ1n) is 8.58. The molecule has 7 nitrogen and oxygen atoms in total. The fourth-order valence-electron chi connectivity index (χ4n) is 2.32. The molecule has 2 aromatic heterocycles. The number of nitrogens with zero attached hydrogens (tertiary/aromatic N) is 3. The molecular weight excluding hydrogens is 406 g/mol. The highest BCUT2D eigenvalue weighted by Crippen LogP contribution is 2.26. The number of anilines is 2. The van der Waals surface area contributed by atoms with Crippen LogP contribution in [0.25, 0.3) is 0 Å². The van der Waals surface area contributed by atoms with Crippen LogP contribution in [-0.2, 0) is 6.54 Å². The van der Waals surface area contributed by atoms with Crippen LogP contribution in [0.2, 0.25) is 0 Å². The van der Waals surface area contributed by atoms with Gasteiger partial charge in [-0.15, -0.1) is 0 Å². The Morgan fingerprint density at radius 2 is 1.90 bits per heavy atom. The molecule has 1 aromatic carbocycles. The maximum Gasteiger partial charge on any atom is 0.304 e. The van der Waals surface area contributed by atoms with Crippen molar-refractivity contribution in [2.75, 3.05) is 10.6 Å². The Morgan fingerprint density at radius 3 is 2.67 bits per heavy atom. The van der Waals surface area contributed by atoms with Crippen LogP contribution in [0.3, 0.4) is 0 Å². The van der Waals surface area contributed by atoms with Gasteiger partial charge >= 0.3 is 6.43 Å². The van der Waals surface area contributed by atoms with E-state index in [0.717, 1.165) is 12.3 Å². The van der Waals surface area contributed by atoms with Crippen LogP contribution in [0.1, 0.15) is 16.1 Å². The molecule has 0 bridgehead atoms. The Morgan fingerprint density at radius 1 is 1.10 bits per heavy atom. The minimum Gasteiger partial charge on any atom is -0.452 e.